The molecule has 0 radical (unpaired) electrons. The monoisotopic (exact) mass is 304 g/mol. The number of hydrogen-bond donors (Lipinski definition) is 0. The highest BCUT2D eigenvalue weighted by atomic mass is 16.5. The lowest BCUT2D eigenvalue weighted by Crippen LogP contribution is -2.11. The summed E-state index contributed by atoms with van der Waals surface area (Å²) in [6.07, 6.45) is 9.06. The van der Waals surface area contributed by atoms with E-state index in [9.17, 15) is 9.59 Å². The van der Waals surface area contributed by atoms with E-state index in [2.05, 4.69) is 6.92 Å². The fourth-order valence-corrected chi connectivity index (χ4v) is 2.71. The first-order valence-electron chi connectivity index (χ1n) is 8.15. The maximum atomic E-state index is 11.8. The second-order valence-corrected chi connectivity index (χ2v) is 5.84. The molecule has 0 bridgehead atoms. The van der Waals surface area contributed by atoms with Gasteiger partial charge in [-0.05, 0) is 30.9 Å². The van der Waals surface area contributed by atoms with Crippen LogP contribution in [0.5, 0.6) is 0 Å². The van der Waals surface area contributed by atoms with E-state index in [-0.39, 0.29) is 11.6 Å². The zero-order valence-corrected chi connectivity index (χ0v) is 13.4. The van der Waals surface area contributed by atoms with Crippen LogP contribution in [0, 0.1) is 6.92 Å². The van der Waals surface area contributed by atoms with Gasteiger partial charge in [0.15, 0.2) is 0 Å². The third-order valence-electron chi connectivity index (χ3n) is 3.96. The molecule has 0 atom stereocenters. The Bertz CT molecular complexity index is 610. The Labute approximate surface area is 131 Å². The van der Waals surface area contributed by atoms with E-state index in [4.69, 9.17) is 9.15 Å². The highest BCUT2D eigenvalue weighted by Gasteiger charge is 2.18. The second kappa shape index (κ2) is 7.97. The van der Waals surface area contributed by atoms with E-state index >= 15 is 0 Å². The Balaban J connectivity index is 1.89. The molecule has 0 aromatic carbocycles. The SMILES string of the molecule is CCCCCCCC(=O)OC1=Cc2oc(=O)cc(C)c2CC1. The molecule has 22 heavy (non-hydrogen) atoms. The maximum Gasteiger partial charge on any atom is 0.336 e. The van der Waals surface area contributed by atoms with Gasteiger partial charge in [-0.15, -0.1) is 0 Å². The van der Waals surface area contributed by atoms with Gasteiger partial charge in [0, 0.05) is 25.0 Å². The third kappa shape index (κ3) is 4.58. The number of ether oxygens (including phenoxy) is 1. The van der Waals surface area contributed by atoms with Crippen LogP contribution in [0.25, 0.3) is 6.08 Å². The highest BCUT2D eigenvalue weighted by Crippen LogP contribution is 2.26. The van der Waals surface area contributed by atoms with Gasteiger partial charge in [0.2, 0.25) is 0 Å². The van der Waals surface area contributed by atoms with Crippen molar-refractivity contribution in [1.29, 1.82) is 0 Å². The van der Waals surface area contributed by atoms with Crippen molar-refractivity contribution in [3.05, 3.63) is 39.1 Å². The van der Waals surface area contributed by atoms with Crippen LogP contribution in [0.1, 0.15) is 68.8 Å². The standard InChI is InChI=1S/C18H24O4/c1-3-4-5-6-7-8-17(19)21-14-9-10-15-13(2)11-18(20)22-16(15)12-14/h11-12H,3-10H2,1-2H3. The summed E-state index contributed by atoms with van der Waals surface area (Å²) in [6.45, 7) is 4.07. The first-order valence-corrected chi connectivity index (χ1v) is 8.15. The Morgan fingerprint density at radius 2 is 2.00 bits per heavy atom. The van der Waals surface area contributed by atoms with Crippen molar-refractivity contribution >= 4 is 12.0 Å². The summed E-state index contributed by atoms with van der Waals surface area (Å²) in [6, 6.07) is 1.50. The predicted octanol–water partition coefficient (Wildman–Crippen LogP) is 4.14. The van der Waals surface area contributed by atoms with Crippen molar-refractivity contribution in [3.8, 4) is 0 Å². The summed E-state index contributed by atoms with van der Waals surface area (Å²) >= 11 is 0. The van der Waals surface area contributed by atoms with Crippen LogP contribution < -0.4 is 5.63 Å². The van der Waals surface area contributed by atoms with E-state index in [0.717, 1.165) is 30.4 Å². The highest BCUT2D eigenvalue weighted by molar-refractivity contribution is 5.72. The molecule has 2 rings (SSSR count). The number of hydrogen-bond acceptors (Lipinski definition) is 4. The van der Waals surface area contributed by atoms with Crippen LogP contribution in [0.3, 0.4) is 0 Å². The van der Waals surface area contributed by atoms with Crippen molar-refractivity contribution in [3.63, 3.8) is 0 Å². The minimum atomic E-state index is -0.365. The average Bonchev–Trinajstić information content (AvgIpc) is 2.46. The number of allylic oxidation sites excluding steroid dienone is 1. The lowest BCUT2D eigenvalue weighted by molar-refractivity contribution is -0.139. The molecule has 0 aliphatic heterocycles. The van der Waals surface area contributed by atoms with Crippen LogP contribution in [0.15, 0.2) is 21.0 Å². The molecule has 1 aromatic heterocycles. The Hall–Kier alpha value is -1.84. The van der Waals surface area contributed by atoms with Gasteiger partial charge in [-0.25, -0.2) is 4.79 Å². The summed E-state index contributed by atoms with van der Waals surface area (Å²) in [4.78, 5) is 23.2. The normalized spacial score (nSPS) is 13.5. The zero-order valence-electron chi connectivity index (χ0n) is 13.4. The topological polar surface area (TPSA) is 56.5 Å². The minimum Gasteiger partial charge on any atom is -0.431 e. The Kier molecular flexibility index (Phi) is 5.99. The molecule has 0 unspecified atom stereocenters. The van der Waals surface area contributed by atoms with E-state index in [1.807, 2.05) is 6.92 Å². The van der Waals surface area contributed by atoms with Crippen molar-refractivity contribution in [1.82, 2.24) is 0 Å². The molecule has 0 saturated carbocycles. The van der Waals surface area contributed by atoms with Crippen LogP contribution in [-0.4, -0.2) is 5.97 Å². The molecule has 4 nitrogen and oxygen atoms in total. The van der Waals surface area contributed by atoms with Gasteiger partial charge in [-0.1, -0.05) is 32.6 Å². The molecular formula is C18H24O4. The van der Waals surface area contributed by atoms with Crippen molar-refractivity contribution in [2.75, 3.05) is 0 Å². The summed E-state index contributed by atoms with van der Waals surface area (Å²) in [5, 5.41) is 0. The lowest BCUT2D eigenvalue weighted by atomic mass is 9.98. The zero-order chi connectivity index (χ0) is 15.9. The number of rotatable bonds is 7. The minimum absolute atomic E-state index is 0.193. The largest absolute Gasteiger partial charge is 0.431 e. The summed E-state index contributed by atoms with van der Waals surface area (Å²) in [7, 11) is 0. The van der Waals surface area contributed by atoms with Crippen molar-refractivity contribution in [2.45, 2.75) is 65.2 Å². The van der Waals surface area contributed by atoms with Gasteiger partial charge in [0.25, 0.3) is 0 Å². The van der Waals surface area contributed by atoms with Crippen LogP contribution in [-0.2, 0) is 16.0 Å². The van der Waals surface area contributed by atoms with Crippen LogP contribution in [0.4, 0.5) is 0 Å². The summed E-state index contributed by atoms with van der Waals surface area (Å²) < 4.78 is 10.6. The average molecular weight is 304 g/mol. The van der Waals surface area contributed by atoms with E-state index in [1.165, 1.54) is 25.3 Å². The molecule has 1 aliphatic carbocycles. The second-order valence-electron chi connectivity index (χ2n) is 5.84. The molecular weight excluding hydrogens is 280 g/mol. The van der Waals surface area contributed by atoms with E-state index < -0.39 is 0 Å². The quantitative estimate of drug-likeness (QED) is 0.561. The molecule has 4 heteroatoms. The third-order valence-corrected chi connectivity index (χ3v) is 3.96. The number of unbranched alkanes of at least 4 members (excludes halogenated alkanes) is 4. The van der Waals surface area contributed by atoms with E-state index in [1.54, 1.807) is 6.08 Å². The van der Waals surface area contributed by atoms with Gasteiger partial charge in [0.1, 0.15) is 11.5 Å². The Morgan fingerprint density at radius 3 is 2.77 bits per heavy atom. The van der Waals surface area contributed by atoms with E-state index in [0.29, 0.717) is 24.4 Å². The van der Waals surface area contributed by atoms with Gasteiger partial charge >= 0.3 is 11.6 Å². The Morgan fingerprint density at radius 1 is 1.23 bits per heavy atom. The fraction of sp³-hybridized carbons (Fsp3) is 0.556. The number of carbonyl (C=O) groups is 1. The number of aryl methyl sites for hydroxylation is 1. The molecule has 0 N–H and O–H groups in total. The lowest BCUT2D eigenvalue weighted by Gasteiger charge is -2.16. The van der Waals surface area contributed by atoms with Crippen molar-refractivity contribution < 1.29 is 13.9 Å². The molecule has 1 heterocycles. The summed E-state index contributed by atoms with van der Waals surface area (Å²) in [5.41, 5.74) is 1.60. The van der Waals surface area contributed by atoms with Crippen molar-refractivity contribution in [2.24, 2.45) is 0 Å². The smallest absolute Gasteiger partial charge is 0.336 e. The number of fused-ring (bicyclic) bond motifs is 1. The predicted molar refractivity (Wildman–Crippen MR) is 85.5 cm³/mol. The van der Waals surface area contributed by atoms with Gasteiger partial charge in [-0.2, -0.15) is 0 Å². The molecule has 0 amide bonds. The number of carbonyl (C=O) groups excluding carboxylic acids is 1. The molecule has 0 spiro atoms. The molecule has 1 aliphatic rings. The molecule has 0 fully saturated rings. The molecule has 120 valence electrons. The van der Waals surface area contributed by atoms with Gasteiger partial charge < -0.3 is 9.15 Å². The van der Waals surface area contributed by atoms with Crippen LogP contribution >= 0.6 is 0 Å². The fourth-order valence-electron chi connectivity index (χ4n) is 2.71. The number of esters is 1. The van der Waals surface area contributed by atoms with Gasteiger partial charge in [-0.3, -0.25) is 4.79 Å². The molecule has 0 saturated heterocycles. The first kappa shape index (κ1) is 16.5. The molecule has 1 aromatic rings. The summed E-state index contributed by atoms with van der Waals surface area (Å²) in [5.74, 6) is 0.933. The van der Waals surface area contributed by atoms with Gasteiger partial charge in [0.05, 0.1) is 0 Å². The van der Waals surface area contributed by atoms with Crippen LogP contribution in [0.2, 0.25) is 0 Å². The first-order chi connectivity index (χ1) is 10.6. The maximum absolute atomic E-state index is 11.8.